The number of carbonyl (C=O) groups is 3. The fourth-order valence-electron chi connectivity index (χ4n) is 4.48. The van der Waals surface area contributed by atoms with E-state index in [1.807, 2.05) is 6.07 Å². The van der Waals surface area contributed by atoms with Crippen molar-refractivity contribution < 1.29 is 14.4 Å². The highest BCUT2D eigenvalue weighted by Crippen LogP contribution is 2.24. The Bertz CT molecular complexity index is 1070. The van der Waals surface area contributed by atoms with E-state index in [1.165, 1.54) is 6.07 Å². The van der Waals surface area contributed by atoms with Crippen LogP contribution in [0.4, 0.5) is 5.69 Å². The van der Waals surface area contributed by atoms with Crippen LogP contribution in [0.5, 0.6) is 0 Å². The topological polar surface area (TPSA) is 102 Å². The molecule has 1 saturated carbocycles. The van der Waals surface area contributed by atoms with Crippen LogP contribution in [0, 0.1) is 11.3 Å². The Balaban J connectivity index is 1.44. The molecule has 7 heteroatoms. The molecule has 2 N–H and O–H groups in total. The molecule has 0 aromatic heterocycles. The lowest BCUT2D eigenvalue weighted by atomic mass is 10.1. The predicted molar refractivity (Wildman–Crippen MR) is 120 cm³/mol. The molecule has 0 bridgehead atoms. The number of hydrogen-bond donors (Lipinski definition) is 2. The largest absolute Gasteiger partial charge is 0.352 e. The summed E-state index contributed by atoms with van der Waals surface area (Å²) in [4.78, 5) is 40.2. The first kappa shape index (κ1) is 21.6. The van der Waals surface area contributed by atoms with Gasteiger partial charge in [0.1, 0.15) is 6.04 Å². The summed E-state index contributed by atoms with van der Waals surface area (Å²) in [7, 11) is 0. The summed E-state index contributed by atoms with van der Waals surface area (Å²) in [6.45, 7) is 0.541. The Hall–Kier alpha value is -3.66. The molecule has 1 heterocycles. The number of anilines is 1. The fraction of sp³-hybridized carbons (Fsp3) is 0.360. The first-order chi connectivity index (χ1) is 15.5. The second-order valence-corrected chi connectivity index (χ2v) is 8.37. The van der Waals surface area contributed by atoms with Gasteiger partial charge < -0.3 is 15.5 Å². The van der Waals surface area contributed by atoms with Crippen LogP contribution in [0.3, 0.4) is 0 Å². The lowest BCUT2D eigenvalue weighted by molar-refractivity contribution is -0.125. The van der Waals surface area contributed by atoms with Crippen LogP contribution in [-0.2, 0) is 4.79 Å². The van der Waals surface area contributed by atoms with Crippen LogP contribution in [0.2, 0.25) is 0 Å². The van der Waals surface area contributed by atoms with Gasteiger partial charge in [-0.3, -0.25) is 14.4 Å². The number of likely N-dealkylation sites (tertiary alicyclic amines) is 1. The molecule has 4 rings (SSSR count). The number of benzene rings is 2. The summed E-state index contributed by atoms with van der Waals surface area (Å²) in [6.07, 6.45) is 5.74. The zero-order valence-electron chi connectivity index (χ0n) is 17.8. The SMILES string of the molecule is N#Cc1cccc(C(=O)Nc2cccc(C(=O)N3CCCC3C(=O)NC3CCCC3)c2)c1. The molecule has 0 spiro atoms. The second kappa shape index (κ2) is 9.65. The first-order valence-electron chi connectivity index (χ1n) is 11.1. The minimum atomic E-state index is -0.449. The molecule has 1 aliphatic heterocycles. The van der Waals surface area contributed by atoms with Crippen molar-refractivity contribution in [3.05, 3.63) is 65.2 Å². The molecule has 2 aromatic rings. The number of rotatable bonds is 5. The standard InChI is InChI=1S/C25H26N4O3/c26-16-17-6-3-7-18(14-17)23(30)28-21-11-4-8-19(15-21)25(32)29-13-5-12-22(29)24(31)27-20-9-1-2-10-20/h3-4,6-8,11,14-15,20,22H,1-2,5,9-10,12-13H2,(H,27,31)(H,28,30). The normalized spacial score (nSPS) is 18.2. The molecule has 2 aromatic carbocycles. The average Bonchev–Trinajstić information content (AvgIpc) is 3.51. The van der Waals surface area contributed by atoms with Crippen molar-refractivity contribution in [3.8, 4) is 6.07 Å². The molecule has 1 aliphatic carbocycles. The van der Waals surface area contributed by atoms with Crippen LogP contribution in [0.25, 0.3) is 0 Å². The molecule has 1 unspecified atom stereocenters. The highest BCUT2D eigenvalue weighted by atomic mass is 16.2. The number of amides is 3. The number of nitrogens with zero attached hydrogens (tertiary/aromatic N) is 2. The van der Waals surface area contributed by atoms with Crippen molar-refractivity contribution in [2.75, 3.05) is 11.9 Å². The predicted octanol–water partition coefficient (Wildman–Crippen LogP) is 3.47. The highest BCUT2D eigenvalue weighted by molar-refractivity contribution is 6.05. The van der Waals surface area contributed by atoms with Gasteiger partial charge in [-0.1, -0.05) is 25.0 Å². The van der Waals surface area contributed by atoms with Crippen LogP contribution in [-0.4, -0.2) is 41.2 Å². The van der Waals surface area contributed by atoms with Crippen LogP contribution >= 0.6 is 0 Å². The third kappa shape index (κ3) is 4.80. The third-order valence-corrected chi connectivity index (χ3v) is 6.14. The van der Waals surface area contributed by atoms with E-state index in [9.17, 15) is 14.4 Å². The molecule has 2 aliphatic rings. The van der Waals surface area contributed by atoms with Gasteiger partial charge in [0.15, 0.2) is 0 Å². The summed E-state index contributed by atoms with van der Waals surface area (Å²) in [6, 6.07) is 14.9. The maximum absolute atomic E-state index is 13.2. The maximum Gasteiger partial charge on any atom is 0.255 e. The maximum atomic E-state index is 13.2. The van der Waals surface area contributed by atoms with Crippen molar-refractivity contribution in [2.45, 2.75) is 50.6 Å². The molecule has 0 radical (unpaired) electrons. The monoisotopic (exact) mass is 430 g/mol. The molecular formula is C25H26N4O3. The van der Waals surface area contributed by atoms with Gasteiger partial charge in [-0.2, -0.15) is 5.26 Å². The summed E-state index contributed by atoms with van der Waals surface area (Å²) in [5, 5.41) is 14.9. The fourth-order valence-corrected chi connectivity index (χ4v) is 4.48. The van der Waals surface area contributed by atoms with E-state index in [0.29, 0.717) is 35.3 Å². The summed E-state index contributed by atoms with van der Waals surface area (Å²) in [5.74, 6) is -0.636. The number of nitrogens with one attached hydrogen (secondary N) is 2. The van der Waals surface area contributed by atoms with Gasteiger partial charge >= 0.3 is 0 Å². The highest BCUT2D eigenvalue weighted by Gasteiger charge is 2.35. The van der Waals surface area contributed by atoms with Gasteiger partial charge in [0.2, 0.25) is 5.91 Å². The minimum absolute atomic E-state index is 0.0652. The Morgan fingerprint density at radius 2 is 1.69 bits per heavy atom. The Morgan fingerprint density at radius 3 is 2.47 bits per heavy atom. The van der Waals surface area contributed by atoms with Crippen LogP contribution in [0.15, 0.2) is 48.5 Å². The summed E-state index contributed by atoms with van der Waals surface area (Å²) in [5.41, 5.74) is 1.67. The smallest absolute Gasteiger partial charge is 0.255 e. The van der Waals surface area contributed by atoms with E-state index in [1.54, 1.807) is 47.4 Å². The summed E-state index contributed by atoms with van der Waals surface area (Å²) >= 11 is 0. The lowest BCUT2D eigenvalue weighted by Crippen LogP contribution is -2.48. The van der Waals surface area contributed by atoms with Crippen molar-refractivity contribution >= 4 is 23.4 Å². The molecular weight excluding hydrogens is 404 g/mol. The number of hydrogen-bond acceptors (Lipinski definition) is 4. The quantitative estimate of drug-likeness (QED) is 0.758. The summed E-state index contributed by atoms with van der Waals surface area (Å²) < 4.78 is 0. The van der Waals surface area contributed by atoms with Gasteiger partial charge in [0, 0.05) is 29.4 Å². The molecule has 2 fully saturated rings. The number of nitriles is 1. The zero-order valence-corrected chi connectivity index (χ0v) is 17.8. The minimum Gasteiger partial charge on any atom is -0.352 e. The molecule has 1 atom stereocenters. The van der Waals surface area contributed by atoms with Crippen molar-refractivity contribution in [2.24, 2.45) is 0 Å². The van der Waals surface area contributed by atoms with Crippen molar-refractivity contribution in [3.63, 3.8) is 0 Å². The molecule has 3 amide bonds. The molecule has 164 valence electrons. The van der Waals surface area contributed by atoms with E-state index < -0.39 is 6.04 Å². The molecule has 32 heavy (non-hydrogen) atoms. The average molecular weight is 431 g/mol. The van der Waals surface area contributed by atoms with Crippen LogP contribution < -0.4 is 10.6 Å². The van der Waals surface area contributed by atoms with Gasteiger partial charge in [-0.25, -0.2) is 0 Å². The van der Waals surface area contributed by atoms with Crippen molar-refractivity contribution in [1.82, 2.24) is 10.2 Å². The van der Waals surface area contributed by atoms with E-state index in [2.05, 4.69) is 10.6 Å². The molecule has 1 saturated heterocycles. The molecule has 7 nitrogen and oxygen atoms in total. The third-order valence-electron chi connectivity index (χ3n) is 6.14. The zero-order chi connectivity index (χ0) is 22.5. The van der Waals surface area contributed by atoms with Gasteiger partial charge in [-0.05, 0) is 62.1 Å². The van der Waals surface area contributed by atoms with E-state index in [0.717, 1.165) is 32.1 Å². The van der Waals surface area contributed by atoms with E-state index in [4.69, 9.17) is 5.26 Å². The number of carbonyl (C=O) groups excluding carboxylic acids is 3. The Morgan fingerprint density at radius 1 is 0.938 bits per heavy atom. The first-order valence-corrected chi connectivity index (χ1v) is 11.1. The lowest BCUT2D eigenvalue weighted by Gasteiger charge is -2.25. The van der Waals surface area contributed by atoms with E-state index >= 15 is 0 Å². The second-order valence-electron chi connectivity index (χ2n) is 8.37. The Labute approximate surface area is 187 Å². The van der Waals surface area contributed by atoms with E-state index in [-0.39, 0.29) is 23.8 Å². The Kier molecular flexibility index (Phi) is 6.50. The van der Waals surface area contributed by atoms with Crippen LogP contribution in [0.1, 0.15) is 64.8 Å². The van der Waals surface area contributed by atoms with Gasteiger partial charge in [0.25, 0.3) is 11.8 Å². The van der Waals surface area contributed by atoms with Gasteiger partial charge in [0.05, 0.1) is 11.6 Å². The van der Waals surface area contributed by atoms with Gasteiger partial charge in [-0.15, -0.1) is 0 Å². The van der Waals surface area contributed by atoms with Crippen molar-refractivity contribution in [1.29, 1.82) is 5.26 Å².